The minimum atomic E-state index is -0.105. The summed E-state index contributed by atoms with van der Waals surface area (Å²) in [6, 6.07) is 15.7. The third-order valence-electron chi connectivity index (χ3n) is 4.90. The number of hydrogen-bond donors (Lipinski definition) is 1. The van der Waals surface area contributed by atoms with Crippen LogP contribution in [0.4, 0.5) is 0 Å². The fourth-order valence-electron chi connectivity index (χ4n) is 3.57. The van der Waals surface area contributed by atoms with Gasteiger partial charge in [0.25, 0.3) is 5.91 Å². The van der Waals surface area contributed by atoms with Crippen LogP contribution in [-0.2, 0) is 6.54 Å². The molecule has 27 heavy (non-hydrogen) atoms. The van der Waals surface area contributed by atoms with E-state index in [0.717, 1.165) is 34.4 Å². The Morgan fingerprint density at radius 1 is 1.15 bits per heavy atom. The Hall–Kier alpha value is -2.47. The summed E-state index contributed by atoms with van der Waals surface area (Å²) in [4.78, 5) is 16.9. The van der Waals surface area contributed by atoms with Crippen molar-refractivity contribution in [2.24, 2.45) is 0 Å². The van der Waals surface area contributed by atoms with Crippen molar-refractivity contribution in [1.29, 1.82) is 0 Å². The molecule has 6 heteroatoms. The number of benzene rings is 1. The van der Waals surface area contributed by atoms with Gasteiger partial charge in [0.05, 0.1) is 29.7 Å². The number of carbonyl (C=O) groups excluding carboxylic acids is 1. The third kappa shape index (κ3) is 4.11. The lowest BCUT2D eigenvalue weighted by atomic mass is 10.2. The molecule has 1 fully saturated rings. The molecular weight excluding hydrogens is 404 g/mol. The van der Waals surface area contributed by atoms with Gasteiger partial charge in [0.1, 0.15) is 0 Å². The summed E-state index contributed by atoms with van der Waals surface area (Å²) in [5.74, 6) is -0.105. The summed E-state index contributed by atoms with van der Waals surface area (Å²) in [6.07, 6.45) is 6.56. The molecule has 1 N–H and O–H groups in total. The van der Waals surface area contributed by atoms with Crippen LogP contribution in [0, 0.1) is 0 Å². The molecule has 138 valence electrons. The number of hydrogen-bond acceptors (Lipinski definition) is 3. The van der Waals surface area contributed by atoms with Crippen LogP contribution in [0.15, 0.2) is 59.2 Å². The predicted molar refractivity (Wildman–Crippen MR) is 108 cm³/mol. The summed E-state index contributed by atoms with van der Waals surface area (Å²) in [7, 11) is 0. The van der Waals surface area contributed by atoms with E-state index in [9.17, 15) is 4.79 Å². The van der Waals surface area contributed by atoms with Gasteiger partial charge in [-0.05, 0) is 49.2 Å². The Morgan fingerprint density at radius 3 is 2.74 bits per heavy atom. The molecule has 5 nitrogen and oxygen atoms in total. The number of pyridine rings is 1. The van der Waals surface area contributed by atoms with Crippen molar-refractivity contribution in [3.63, 3.8) is 0 Å². The van der Waals surface area contributed by atoms with Gasteiger partial charge in [-0.1, -0.05) is 40.9 Å². The maximum absolute atomic E-state index is 12.4. The molecule has 0 saturated heterocycles. The lowest BCUT2D eigenvalue weighted by molar-refractivity contribution is 0.0950. The molecule has 2 aromatic heterocycles. The molecule has 1 aliphatic rings. The van der Waals surface area contributed by atoms with Gasteiger partial charge in [-0.3, -0.25) is 14.5 Å². The van der Waals surface area contributed by atoms with Gasteiger partial charge in [0.2, 0.25) is 0 Å². The minimum absolute atomic E-state index is 0.105. The van der Waals surface area contributed by atoms with Crippen LogP contribution in [0.5, 0.6) is 0 Å². The second-order valence-corrected chi connectivity index (χ2v) is 7.73. The molecule has 1 saturated carbocycles. The molecule has 0 spiro atoms. The molecule has 0 bridgehead atoms. The van der Waals surface area contributed by atoms with Crippen LogP contribution < -0.4 is 5.32 Å². The van der Waals surface area contributed by atoms with Crippen molar-refractivity contribution in [1.82, 2.24) is 20.1 Å². The highest BCUT2D eigenvalue weighted by Gasteiger charge is 2.22. The van der Waals surface area contributed by atoms with Crippen molar-refractivity contribution in [2.45, 2.75) is 38.3 Å². The Bertz CT molecular complexity index is 932. The summed E-state index contributed by atoms with van der Waals surface area (Å²) < 4.78 is 2.99. The molecule has 2 heterocycles. The largest absolute Gasteiger partial charge is 0.346 e. The van der Waals surface area contributed by atoms with Crippen LogP contribution in [0.1, 0.15) is 47.8 Å². The predicted octanol–water partition coefficient (Wildman–Crippen LogP) is 4.75. The molecule has 0 unspecified atom stereocenters. The van der Waals surface area contributed by atoms with E-state index in [1.807, 2.05) is 42.5 Å². The van der Waals surface area contributed by atoms with Gasteiger partial charge in [-0.2, -0.15) is 5.10 Å². The first kappa shape index (κ1) is 17.9. The highest BCUT2D eigenvalue weighted by atomic mass is 79.9. The van der Waals surface area contributed by atoms with Crippen LogP contribution in [0.3, 0.4) is 0 Å². The van der Waals surface area contributed by atoms with Crippen LogP contribution in [0.25, 0.3) is 11.4 Å². The van der Waals surface area contributed by atoms with E-state index in [4.69, 9.17) is 5.10 Å². The molecule has 3 aromatic rings. The Balaban J connectivity index is 1.55. The van der Waals surface area contributed by atoms with E-state index in [1.165, 1.54) is 12.8 Å². The van der Waals surface area contributed by atoms with Gasteiger partial charge < -0.3 is 5.32 Å². The normalized spacial score (nSPS) is 14.4. The van der Waals surface area contributed by atoms with E-state index in [2.05, 4.69) is 30.9 Å². The van der Waals surface area contributed by atoms with Gasteiger partial charge in [0, 0.05) is 16.2 Å². The Kier molecular flexibility index (Phi) is 5.34. The number of nitrogens with zero attached hydrogens (tertiary/aromatic N) is 3. The molecule has 0 atom stereocenters. The summed E-state index contributed by atoms with van der Waals surface area (Å²) >= 11 is 3.40. The zero-order chi connectivity index (χ0) is 18.6. The average Bonchev–Trinajstić information content (AvgIpc) is 3.36. The molecule has 1 aromatic carbocycles. The standard InChI is InChI=1S/C21H21BrN4O/c22-16-7-5-6-15(12-16)21(27)24-14-17-13-20(19-10-3-4-11-23-19)26(25-17)18-8-1-2-9-18/h3-7,10-13,18H,1-2,8-9,14H2,(H,24,27). The van der Waals surface area contributed by atoms with E-state index in [-0.39, 0.29) is 5.91 Å². The van der Waals surface area contributed by atoms with E-state index in [1.54, 1.807) is 12.3 Å². The maximum atomic E-state index is 12.4. The van der Waals surface area contributed by atoms with Gasteiger partial charge in [-0.15, -0.1) is 0 Å². The number of amides is 1. The smallest absolute Gasteiger partial charge is 0.251 e. The quantitative estimate of drug-likeness (QED) is 0.642. The van der Waals surface area contributed by atoms with E-state index in [0.29, 0.717) is 18.2 Å². The molecule has 1 aliphatic carbocycles. The van der Waals surface area contributed by atoms with Crippen molar-refractivity contribution in [3.8, 4) is 11.4 Å². The van der Waals surface area contributed by atoms with E-state index >= 15 is 0 Å². The molecular formula is C21H21BrN4O. The zero-order valence-corrected chi connectivity index (χ0v) is 16.5. The lowest BCUT2D eigenvalue weighted by Gasteiger charge is -2.13. The first-order valence-electron chi connectivity index (χ1n) is 9.24. The van der Waals surface area contributed by atoms with Gasteiger partial charge in [0.15, 0.2) is 0 Å². The van der Waals surface area contributed by atoms with E-state index < -0.39 is 0 Å². The molecule has 4 rings (SSSR count). The van der Waals surface area contributed by atoms with Crippen LogP contribution in [-0.4, -0.2) is 20.7 Å². The van der Waals surface area contributed by atoms with Crippen LogP contribution in [0.2, 0.25) is 0 Å². The summed E-state index contributed by atoms with van der Waals surface area (Å²) in [5, 5.41) is 7.77. The fraction of sp³-hybridized carbons (Fsp3) is 0.286. The number of halogens is 1. The number of carbonyl (C=O) groups is 1. The van der Waals surface area contributed by atoms with Crippen molar-refractivity contribution < 1.29 is 4.79 Å². The fourth-order valence-corrected chi connectivity index (χ4v) is 3.97. The molecule has 1 amide bonds. The molecule has 0 aliphatic heterocycles. The second-order valence-electron chi connectivity index (χ2n) is 6.81. The number of nitrogens with one attached hydrogen (secondary N) is 1. The lowest BCUT2D eigenvalue weighted by Crippen LogP contribution is -2.23. The first-order valence-corrected chi connectivity index (χ1v) is 10.0. The maximum Gasteiger partial charge on any atom is 0.251 e. The van der Waals surface area contributed by atoms with Gasteiger partial charge in [-0.25, -0.2) is 0 Å². The summed E-state index contributed by atoms with van der Waals surface area (Å²) in [5.41, 5.74) is 3.42. The third-order valence-corrected chi connectivity index (χ3v) is 5.39. The number of aromatic nitrogens is 3. The van der Waals surface area contributed by atoms with Crippen molar-refractivity contribution >= 4 is 21.8 Å². The topological polar surface area (TPSA) is 59.8 Å². The second kappa shape index (κ2) is 8.05. The Morgan fingerprint density at radius 2 is 2.00 bits per heavy atom. The minimum Gasteiger partial charge on any atom is -0.346 e. The summed E-state index contributed by atoms with van der Waals surface area (Å²) in [6.45, 7) is 0.394. The highest BCUT2D eigenvalue weighted by Crippen LogP contribution is 2.33. The highest BCUT2D eigenvalue weighted by molar-refractivity contribution is 9.10. The number of rotatable bonds is 5. The van der Waals surface area contributed by atoms with Crippen LogP contribution >= 0.6 is 15.9 Å². The monoisotopic (exact) mass is 424 g/mol. The van der Waals surface area contributed by atoms with Gasteiger partial charge >= 0.3 is 0 Å². The molecule has 0 radical (unpaired) electrons. The Labute approximate surface area is 167 Å². The van der Waals surface area contributed by atoms with Crippen molar-refractivity contribution in [2.75, 3.05) is 0 Å². The zero-order valence-electron chi connectivity index (χ0n) is 14.9. The SMILES string of the molecule is O=C(NCc1cc(-c2ccccn2)n(C2CCCC2)n1)c1cccc(Br)c1. The first-order chi connectivity index (χ1) is 13.2. The average molecular weight is 425 g/mol. The van der Waals surface area contributed by atoms with Crippen molar-refractivity contribution in [3.05, 3.63) is 70.5 Å².